The van der Waals surface area contributed by atoms with Crippen molar-refractivity contribution in [2.45, 2.75) is 13.3 Å². The quantitative estimate of drug-likeness (QED) is 0.735. The molecule has 0 radical (unpaired) electrons. The molecule has 0 aliphatic heterocycles. The van der Waals surface area contributed by atoms with E-state index in [4.69, 9.17) is 16.3 Å². The molecule has 2 nitrogen and oxygen atoms in total. The summed E-state index contributed by atoms with van der Waals surface area (Å²) >= 11 is 9.49. The van der Waals surface area contributed by atoms with Crippen LogP contribution in [0.15, 0.2) is 40.9 Å². The number of ether oxygens (including phenoxy) is 1. The van der Waals surface area contributed by atoms with Crippen LogP contribution in [0.2, 0.25) is 5.02 Å². The van der Waals surface area contributed by atoms with Crippen LogP contribution in [0.1, 0.15) is 21.5 Å². The Balaban J connectivity index is 2.24. The molecule has 20 heavy (non-hydrogen) atoms. The first-order valence-electron chi connectivity index (χ1n) is 6.13. The monoisotopic (exact) mass is 352 g/mol. The molecule has 2 rings (SSSR count). The Kier molecular flexibility index (Phi) is 4.84. The number of rotatable bonds is 4. The number of hydrogen-bond acceptors (Lipinski definition) is 2. The highest BCUT2D eigenvalue weighted by molar-refractivity contribution is 9.10. The van der Waals surface area contributed by atoms with E-state index < -0.39 is 0 Å². The van der Waals surface area contributed by atoms with Gasteiger partial charge in [-0.3, -0.25) is 4.79 Å². The van der Waals surface area contributed by atoms with Crippen molar-refractivity contribution in [1.82, 2.24) is 0 Å². The van der Waals surface area contributed by atoms with E-state index in [1.807, 2.05) is 31.2 Å². The highest BCUT2D eigenvalue weighted by Crippen LogP contribution is 2.24. The van der Waals surface area contributed by atoms with E-state index in [1.165, 1.54) is 0 Å². The van der Waals surface area contributed by atoms with Crippen LogP contribution in [0.5, 0.6) is 5.75 Å². The van der Waals surface area contributed by atoms with Gasteiger partial charge in [-0.15, -0.1) is 0 Å². The number of Topliss-reactive ketones (excluding diaryl/α,β-unsaturated/α-hetero) is 1. The van der Waals surface area contributed by atoms with Crippen molar-refractivity contribution in [1.29, 1.82) is 0 Å². The van der Waals surface area contributed by atoms with E-state index in [-0.39, 0.29) is 12.2 Å². The second-order valence-corrected chi connectivity index (χ2v) is 5.84. The third-order valence-electron chi connectivity index (χ3n) is 3.10. The molecule has 0 aromatic heterocycles. The summed E-state index contributed by atoms with van der Waals surface area (Å²) in [5.41, 5.74) is 2.46. The first-order valence-corrected chi connectivity index (χ1v) is 7.30. The Bertz CT molecular complexity index is 653. The zero-order valence-corrected chi connectivity index (χ0v) is 13.6. The lowest BCUT2D eigenvalue weighted by atomic mass is 10.0. The molecule has 0 N–H and O–H groups in total. The van der Waals surface area contributed by atoms with Crippen molar-refractivity contribution in [3.8, 4) is 5.75 Å². The highest BCUT2D eigenvalue weighted by Gasteiger charge is 2.11. The Morgan fingerprint density at radius 2 is 2.00 bits per heavy atom. The topological polar surface area (TPSA) is 26.3 Å². The van der Waals surface area contributed by atoms with Crippen molar-refractivity contribution in [2.75, 3.05) is 7.11 Å². The van der Waals surface area contributed by atoms with Crippen LogP contribution in [-0.2, 0) is 6.42 Å². The molecular weight excluding hydrogens is 340 g/mol. The lowest BCUT2D eigenvalue weighted by Gasteiger charge is -2.08. The molecule has 0 amide bonds. The van der Waals surface area contributed by atoms with Crippen LogP contribution in [0.3, 0.4) is 0 Å². The summed E-state index contributed by atoms with van der Waals surface area (Å²) in [5, 5.41) is 0.590. The van der Waals surface area contributed by atoms with E-state index in [9.17, 15) is 4.79 Å². The molecule has 104 valence electrons. The molecule has 0 fully saturated rings. The molecule has 0 saturated carbocycles. The van der Waals surface area contributed by atoms with Gasteiger partial charge in [0.15, 0.2) is 5.78 Å². The number of methoxy groups -OCH3 is 1. The van der Waals surface area contributed by atoms with Crippen molar-refractivity contribution < 1.29 is 9.53 Å². The van der Waals surface area contributed by atoms with Gasteiger partial charge in [-0.05, 0) is 36.2 Å². The molecule has 0 heterocycles. The van der Waals surface area contributed by atoms with Crippen molar-refractivity contribution in [3.05, 3.63) is 62.6 Å². The van der Waals surface area contributed by atoms with Crippen LogP contribution in [0, 0.1) is 6.92 Å². The second kappa shape index (κ2) is 6.42. The number of aryl methyl sites for hydroxylation is 1. The lowest BCUT2D eigenvalue weighted by Crippen LogP contribution is -2.04. The fourth-order valence-electron chi connectivity index (χ4n) is 1.93. The number of hydrogen-bond donors (Lipinski definition) is 0. The lowest BCUT2D eigenvalue weighted by molar-refractivity contribution is 0.0992. The van der Waals surface area contributed by atoms with Crippen LogP contribution < -0.4 is 4.74 Å². The Labute approximate surface area is 131 Å². The predicted octanol–water partition coefficient (Wildman–Crippen LogP) is 4.84. The summed E-state index contributed by atoms with van der Waals surface area (Å²) < 4.78 is 6.14. The predicted molar refractivity (Wildman–Crippen MR) is 84.9 cm³/mol. The Morgan fingerprint density at radius 3 is 2.65 bits per heavy atom. The van der Waals surface area contributed by atoms with E-state index in [0.29, 0.717) is 10.6 Å². The molecule has 0 aliphatic rings. The summed E-state index contributed by atoms with van der Waals surface area (Å²) in [6.45, 7) is 1.94. The van der Waals surface area contributed by atoms with Crippen molar-refractivity contribution >= 4 is 33.3 Å². The third kappa shape index (κ3) is 3.41. The molecule has 0 atom stereocenters. The van der Waals surface area contributed by atoms with Gasteiger partial charge >= 0.3 is 0 Å². The van der Waals surface area contributed by atoms with E-state index in [2.05, 4.69) is 15.9 Å². The van der Waals surface area contributed by atoms with Crippen LogP contribution in [0.25, 0.3) is 0 Å². The molecule has 2 aromatic carbocycles. The summed E-state index contributed by atoms with van der Waals surface area (Å²) in [5.74, 6) is 0.741. The zero-order chi connectivity index (χ0) is 14.7. The molecular formula is C16H14BrClO2. The normalized spacial score (nSPS) is 10.4. The summed E-state index contributed by atoms with van der Waals surface area (Å²) in [6, 6.07) is 11.0. The average Bonchev–Trinajstić information content (AvgIpc) is 2.42. The van der Waals surface area contributed by atoms with Gasteiger partial charge in [0.1, 0.15) is 5.75 Å². The molecule has 0 spiro atoms. The van der Waals surface area contributed by atoms with Gasteiger partial charge < -0.3 is 4.74 Å². The number of carbonyl (C=O) groups excluding carboxylic acids is 1. The van der Waals surface area contributed by atoms with Gasteiger partial charge in [-0.25, -0.2) is 0 Å². The Hall–Kier alpha value is -1.32. The van der Waals surface area contributed by atoms with Crippen molar-refractivity contribution in [3.63, 3.8) is 0 Å². The largest absolute Gasteiger partial charge is 0.496 e. The summed E-state index contributed by atoms with van der Waals surface area (Å²) in [6.07, 6.45) is 0.276. The molecule has 0 unspecified atom stereocenters. The van der Waals surface area contributed by atoms with Gasteiger partial charge in [0.25, 0.3) is 0 Å². The van der Waals surface area contributed by atoms with Gasteiger partial charge in [-0.1, -0.05) is 45.7 Å². The van der Waals surface area contributed by atoms with Gasteiger partial charge in [0.05, 0.1) is 7.11 Å². The van der Waals surface area contributed by atoms with E-state index in [0.717, 1.165) is 21.3 Å². The number of halogens is 2. The first-order chi connectivity index (χ1) is 9.51. The van der Waals surface area contributed by atoms with Gasteiger partial charge in [-0.2, -0.15) is 0 Å². The molecule has 0 bridgehead atoms. The number of carbonyl (C=O) groups is 1. The zero-order valence-electron chi connectivity index (χ0n) is 11.2. The van der Waals surface area contributed by atoms with Gasteiger partial charge in [0.2, 0.25) is 0 Å². The van der Waals surface area contributed by atoms with E-state index in [1.54, 1.807) is 19.2 Å². The molecule has 0 aliphatic carbocycles. The fraction of sp³-hybridized carbons (Fsp3) is 0.188. The molecule has 4 heteroatoms. The molecule has 2 aromatic rings. The SMILES string of the molecule is COc1cc(C(=O)Cc2ccc(Br)cc2Cl)ccc1C. The van der Waals surface area contributed by atoms with Crippen LogP contribution in [0.4, 0.5) is 0 Å². The second-order valence-electron chi connectivity index (χ2n) is 4.52. The van der Waals surface area contributed by atoms with Gasteiger partial charge in [0, 0.05) is 21.5 Å². The van der Waals surface area contributed by atoms with Crippen molar-refractivity contribution in [2.24, 2.45) is 0 Å². The molecule has 0 saturated heterocycles. The smallest absolute Gasteiger partial charge is 0.167 e. The summed E-state index contributed by atoms with van der Waals surface area (Å²) in [4.78, 5) is 12.3. The van der Waals surface area contributed by atoms with Crippen LogP contribution >= 0.6 is 27.5 Å². The van der Waals surface area contributed by atoms with E-state index >= 15 is 0 Å². The maximum Gasteiger partial charge on any atom is 0.167 e. The maximum atomic E-state index is 12.3. The number of benzene rings is 2. The standard InChI is InChI=1S/C16H14BrClO2/c1-10-3-4-12(8-16(10)20-2)15(19)7-11-5-6-13(17)9-14(11)18/h3-6,8-9H,7H2,1-2H3. The van der Waals surface area contributed by atoms with Crippen LogP contribution in [-0.4, -0.2) is 12.9 Å². The minimum atomic E-state index is 0.0209. The summed E-state index contributed by atoms with van der Waals surface area (Å²) in [7, 11) is 1.60. The fourth-order valence-corrected chi connectivity index (χ4v) is 2.67. The highest BCUT2D eigenvalue weighted by atomic mass is 79.9. The maximum absolute atomic E-state index is 12.3. The minimum absolute atomic E-state index is 0.0209. The minimum Gasteiger partial charge on any atom is -0.496 e. The number of ketones is 1. The third-order valence-corrected chi connectivity index (χ3v) is 3.94. The Morgan fingerprint density at radius 1 is 1.25 bits per heavy atom. The first kappa shape index (κ1) is 15.1. The average molecular weight is 354 g/mol.